The minimum Gasteiger partial charge on any atom is -0.329 e. The van der Waals surface area contributed by atoms with Gasteiger partial charge in [0.1, 0.15) is 0 Å². The second-order valence-electron chi connectivity index (χ2n) is 4.88. The van der Waals surface area contributed by atoms with Crippen molar-refractivity contribution >= 4 is 0 Å². The van der Waals surface area contributed by atoms with Gasteiger partial charge >= 0.3 is 0 Å². The Hall–Kier alpha value is -0.930. The maximum atomic E-state index is 6.05. The number of nitrogens with two attached hydrogens (primary N) is 1. The van der Waals surface area contributed by atoms with Crippen molar-refractivity contribution in [1.82, 2.24) is 9.88 Å². The van der Waals surface area contributed by atoms with Crippen LogP contribution >= 0.6 is 0 Å². The number of nitrogens with zero attached hydrogens (tertiary/aromatic N) is 2. The summed E-state index contributed by atoms with van der Waals surface area (Å²) in [6.07, 6.45) is 5.19. The van der Waals surface area contributed by atoms with Crippen molar-refractivity contribution in [1.29, 1.82) is 0 Å². The molecule has 3 heteroatoms. The minimum absolute atomic E-state index is 0.119. The molecule has 0 bridgehead atoms. The van der Waals surface area contributed by atoms with Crippen LogP contribution in [0.15, 0.2) is 24.4 Å². The Bertz CT molecular complexity index is 312. The Labute approximate surface area is 111 Å². The molecule has 1 heterocycles. The van der Waals surface area contributed by atoms with E-state index >= 15 is 0 Å². The van der Waals surface area contributed by atoms with Crippen LogP contribution < -0.4 is 5.73 Å². The molecule has 0 saturated heterocycles. The Morgan fingerprint density at radius 2 is 1.94 bits per heavy atom. The van der Waals surface area contributed by atoms with Gasteiger partial charge in [0.25, 0.3) is 0 Å². The Morgan fingerprint density at radius 3 is 2.39 bits per heavy atom. The monoisotopic (exact) mass is 249 g/mol. The molecule has 0 aliphatic carbocycles. The van der Waals surface area contributed by atoms with Gasteiger partial charge in [0.15, 0.2) is 0 Å². The molecule has 1 aromatic heterocycles. The van der Waals surface area contributed by atoms with E-state index < -0.39 is 0 Å². The SMILES string of the molecule is CCCN(Cc1ccccn1)C(CC)(CC)CN. The fourth-order valence-electron chi connectivity index (χ4n) is 2.56. The third-order valence-corrected chi connectivity index (χ3v) is 3.94. The van der Waals surface area contributed by atoms with Crippen molar-refractivity contribution in [3.63, 3.8) is 0 Å². The molecule has 2 N–H and O–H groups in total. The number of hydrogen-bond donors (Lipinski definition) is 1. The van der Waals surface area contributed by atoms with Crippen molar-refractivity contribution in [2.45, 2.75) is 52.1 Å². The highest BCUT2D eigenvalue weighted by atomic mass is 15.2. The van der Waals surface area contributed by atoms with E-state index in [-0.39, 0.29) is 5.54 Å². The fourth-order valence-corrected chi connectivity index (χ4v) is 2.56. The summed E-state index contributed by atoms with van der Waals surface area (Å²) in [5.41, 5.74) is 7.30. The van der Waals surface area contributed by atoms with Gasteiger partial charge in [-0.2, -0.15) is 0 Å². The number of hydrogen-bond acceptors (Lipinski definition) is 3. The lowest BCUT2D eigenvalue weighted by Crippen LogP contribution is -2.53. The van der Waals surface area contributed by atoms with E-state index in [0.29, 0.717) is 6.54 Å². The van der Waals surface area contributed by atoms with Gasteiger partial charge in [-0.1, -0.05) is 26.8 Å². The first-order valence-corrected chi connectivity index (χ1v) is 7.07. The molecule has 0 fully saturated rings. The Morgan fingerprint density at radius 1 is 1.22 bits per heavy atom. The average molecular weight is 249 g/mol. The number of pyridine rings is 1. The summed E-state index contributed by atoms with van der Waals surface area (Å²) in [5.74, 6) is 0. The second kappa shape index (κ2) is 7.49. The maximum Gasteiger partial charge on any atom is 0.0544 e. The quantitative estimate of drug-likeness (QED) is 0.770. The Kier molecular flexibility index (Phi) is 6.30. The maximum absolute atomic E-state index is 6.05. The van der Waals surface area contributed by atoms with Crippen LogP contribution in [0.1, 0.15) is 45.7 Å². The summed E-state index contributed by atoms with van der Waals surface area (Å²) >= 11 is 0. The zero-order valence-corrected chi connectivity index (χ0v) is 12.0. The molecule has 0 spiro atoms. The summed E-state index contributed by atoms with van der Waals surface area (Å²) < 4.78 is 0. The van der Waals surface area contributed by atoms with Crippen molar-refractivity contribution < 1.29 is 0 Å². The van der Waals surface area contributed by atoms with Gasteiger partial charge < -0.3 is 5.73 Å². The predicted molar refractivity (Wildman–Crippen MR) is 77.3 cm³/mol. The van der Waals surface area contributed by atoms with E-state index in [1.165, 1.54) is 0 Å². The van der Waals surface area contributed by atoms with Crippen molar-refractivity contribution in [3.8, 4) is 0 Å². The van der Waals surface area contributed by atoms with Crippen LogP contribution in [0, 0.1) is 0 Å². The zero-order chi connectivity index (χ0) is 13.4. The average Bonchev–Trinajstić information content (AvgIpc) is 2.43. The molecule has 0 aliphatic heterocycles. The lowest BCUT2D eigenvalue weighted by molar-refractivity contribution is 0.0753. The lowest BCUT2D eigenvalue weighted by atomic mass is 9.90. The van der Waals surface area contributed by atoms with Gasteiger partial charge in [-0.15, -0.1) is 0 Å². The van der Waals surface area contributed by atoms with Crippen LogP contribution in [-0.4, -0.2) is 28.5 Å². The van der Waals surface area contributed by atoms with E-state index in [1.54, 1.807) is 0 Å². The summed E-state index contributed by atoms with van der Waals surface area (Å²) in [6.45, 7) is 9.38. The normalized spacial score (nSPS) is 12.1. The number of rotatable bonds is 8. The van der Waals surface area contributed by atoms with Crippen molar-refractivity contribution in [3.05, 3.63) is 30.1 Å². The first-order chi connectivity index (χ1) is 8.72. The summed E-state index contributed by atoms with van der Waals surface area (Å²) in [4.78, 5) is 6.94. The van der Waals surface area contributed by atoms with Crippen LogP contribution in [0.4, 0.5) is 0 Å². The molecule has 1 aromatic rings. The van der Waals surface area contributed by atoms with Crippen LogP contribution in [0.3, 0.4) is 0 Å². The smallest absolute Gasteiger partial charge is 0.0544 e. The van der Waals surface area contributed by atoms with Crippen LogP contribution in [-0.2, 0) is 6.54 Å². The van der Waals surface area contributed by atoms with Crippen molar-refractivity contribution in [2.24, 2.45) is 5.73 Å². The van der Waals surface area contributed by atoms with Crippen LogP contribution in [0.2, 0.25) is 0 Å². The molecule has 0 aromatic carbocycles. The van der Waals surface area contributed by atoms with Crippen LogP contribution in [0.25, 0.3) is 0 Å². The molecule has 18 heavy (non-hydrogen) atoms. The van der Waals surface area contributed by atoms with E-state index in [9.17, 15) is 0 Å². The van der Waals surface area contributed by atoms with Crippen molar-refractivity contribution in [2.75, 3.05) is 13.1 Å². The fraction of sp³-hybridized carbons (Fsp3) is 0.667. The largest absolute Gasteiger partial charge is 0.329 e. The molecule has 102 valence electrons. The highest BCUT2D eigenvalue weighted by Crippen LogP contribution is 2.24. The van der Waals surface area contributed by atoms with E-state index in [2.05, 4.69) is 42.8 Å². The summed E-state index contributed by atoms with van der Waals surface area (Å²) in [5, 5.41) is 0. The molecule has 3 nitrogen and oxygen atoms in total. The molecule has 0 radical (unpaired) electrons. The summed E-state index contributed by atoms with van der Waals surface area (Å²) in [6, 6.07) is 6.10. The van der Waals surface area contributed by atoms with Gasteiger partial charge in [0.05, 0.1) is 5.69 Å². The first-order valence-electron chi connectivity index (χ1n) is 7.07. The topological polar surface area (TPSA) is 42.2 Å². The van der Waals surface area contributed by atoms with E-state index in [4.69, 9.17) is 5.73 Å². The molecule has 0 amide bonds. The molecule has 0 saturated carbocycles. The van der Waals surface area contributed by atoms with E-state index in [1.807, 2.05) is 12.3 Å². The minimum atomic E-state index is 0.119. The van der Waals surface area contributed by atoms with Crippen LogP contribution in [0.5, 0.6) is 0 Å². The summed E-state index contributed by atoms with van der Waals surface area (Å²) in [7, 11) is 0. The number of aromatic nitrogens is 1. The van der Waals surface area contributed by atoms with Gasteiger partial charge in [-0.05, 0) is 37.9 Å². The second-order valence-corrected chi connectivity index (χ2v) is 4.88. The third kappa shape index (κ3) is 3.53. The van der Waals surface area contributed by atoms with Gasteiger partial charge in [-0.3, -0.25) is 9.88 Å². The lowest BCUT2D eigenvalue weighted by Gasteiger charge is -2.42. The zero-order valence-electron chi connectivity index (χ0n) is 12.0. The third-order valence-electron chi connectivity index (χ3n) is 3.94. The molecule has 0 atom stereocenters. The molecular formula is C15H27N3. The van der Waals surface area contributed by atoms with Gasteiger partial charge in [0.2, 0.25) is 0 Å². The molecular weight excluding hydrogens is 222 g/mol. The molecule has 1 rings (SSSR count). The van der Waals surface area contributed by atoms with Gasteiger partial charge in [-0.25, -0.2) is 0 Å². The predicted octanol–water partition coefficient (Wildman–Crippen LogP) is 2.81. The molecule has 0 unspecified atom stereocenters. The van der Waals surface area contributed by atoms with Gasteiger partial charge in [0, 0.05) is 24.8 Å². The Balaban J connectivity index is 2.87. The highest BCUT2D eigenvalue weighted by Gasteiger charge is 2.31. The molecule has 0 aliphatic rings. The first kappa shape index (κ1) is 15.1. The van der Waals surface area contributed by atoms with E-state index in [0.717, 1.165) is 38.0 Å². The highest BCUT2D eigenvalue weighted by molar-refractivity contribution is 5.05. The standard InChI is InChI=1S/C15H27N3/c1-4-11-18(15(5-2,6-3)13-16)12-14-9-7-8-10-17-14/h7-10H,4-6,11-13,16H2,1-3H3.